The first-order valence-electron chi connectivity index (χ1n) is 5.54. The highest BCUT2D eigenvalue weighted by Crippen LogP contribution is 2.27. The number of aryl methyl sites for hydroxylation is 1. The summed E-state index contributed by atoms with van der Waals surface area (Å²) in [4.78, 5) is 0. The topological polar surface area (TPSA) is 18.5 Å². The van der Waals surface area contributed by atoms with Crippen LogP contribution in [0.3, 0.4) is 0 Å². The number of rotatable bonds is 3. The zero-order chi connectivity index (χ0) is 10.7. The molecule has 2 atom stereocenters. The lowest BCUT2D eigenvalue weighted by molar-refractivity contribution is -0.155. The lowest BCUT2D eigenvalue weighted by Gasteiger charge is -2.22. The number of hydrogen-bond acceptors (Lipinski definition) is 2. The molecule has 2 heteroatoms. The third-order valence-electron chi connectivity index (χ3n) is 2.78. The Kier molecular flexibility index (Phi) is 3.08. The second kappa shape index (κ2) is 4.33. The van der Waals surface area contributed by atoms with Gasteiger partial charge >= 0.3 is 0 Å². The maximum atomic E-state index is 5.75. The minimum atomic E-state index is -0.380. The zero-order valence-corrected chi connectivity index (χ0v) is 9.40. The Morgan fingerprint density at radius 3 is 2.67 bits per heavy atom. The summed E-state index contributed by atoms with van der Waals surface area (Å²) < 4.78 is 11.4. The van der Waals surface area contributed by atoms with Gasteiger partial charge in [-0.05, 0) is 25.8 Å². The highest BCUT2D eigenvalue weighted by Gasteiger charge is 2.34. The van der Waals surface area contributed by atoms with Crippen molar-refractivity contribution >= 4 is 0 Å². The molecule has 0 spiro atoms. The van der Waals surface area contributed by atoms with Crippen molar-refractivity contribution in [2.75, 3.05) is 6.61 Å². The van der Waals surface area contributed by atoms with Gasteiger partial charge in [0.05, 0.1) is 12.7 Å². The Morgan fingerprint density at radius 2 is 2.07 bits per heavy atom. The summed E-state index contributed by atoms with van der Waals surface area (Å²) in [7, 11) is 0. The number of ether oxygens (including phenoxy) is 2. The van der Waals surface area contributed by atoms with Crippen LogP contribution >= 0.6 is 0 Å². The highest BCUT2D eigenvalue weighted by atomic mass is 16.7. The van der Waals surface area contributed by atoms with Crippen LogP contribution in [0.4, 0.5) is 0 Å². The van der Waals surface area contributed by atoms with Gasteiger partial charge in [-0.2, -0.15) is 0 Å². The Morgan fingerprint density at radius 1 is 1.33 bits per heavy atom. The van der Waals surface area contributed by atoms with E-state index >= 15 is 0 Å². The summed E-state index contributed by atoms with van der Waals surface area (Å²) in [6.45, 7) is 4.79. The van der Waals surface area contributed by atoms with E-state index in [1.807, 2.05) is 19.9 Å². The van der Waals surface area contributed by atoms with Crippen molar-refractivity contribution < 1.29 is 9.47 Å². The molecule has 2 unspecified atom stereocenters. The molecule has 1 aliphatic rings. The molecule has 1 aliphatic heterocycles. The third kappa shape index (κ3) is 2.80. The lowest BCUT2D eigenvalue weighted by atomic mass is 10.1. The Balaban J connectivity index is 1.88. The van der Waals surface area contributed by atoms with Crippen LogP contribution in [0.15, 0.2) is 30.3 Å². The van der Waals surface area contributed by atoms with E-state index in [1.165, 1.54) is 5.56 Å². The monoisotopic (exact) mass is 206 g/mol. The largest absolute Gasteiger partial charge is 0.348 e. The van der Waals surface area contributed by atoms with E-state index < -0.39 is 0 Å². The molecule has 15 heavy (non-hydrogen) atoms. The van der Waals surface area contributed by atoms with Crippen LogP contribution in [0.25, 0.3) is 0 Å². The first-order valence-corrected chi connectivity index (χ1v) is 5.54. The van der Waals surface area contributed by atoms with Crippen molar-refractivity contribution in [2.24, 2.45) is 0 Å². The number of hydrogen-bond donors (Lipinski definition) is 0. The van der Waals surface area contributed by atoms with Crippen LogP contribution < -0.4 is 0 Å². The van der Waals surface area contributed by atoms with Gasteiger partial charge < -0.3 is 9.47 Å². The molecule has 0 radical (unpaired) electrons. The Labute approximate surface area is 91.2 Å². The first kappa shape index (κ1) is 10.7. The summed E-state index contributed by atoms with van der Waals surface area (Å²) in [5.74, 6) is -0.380. The molecule has 1 aromatic rings. The van der Waals surface area contributed by atoms with Crippen molar-refractivity contribution in [3.8, 4) is 0 Å². The molecule has 0 N–H and O–H groups in total. The van der Waals surface area contributed by atoms with Crippen LogP contribution in [0, 0.1) is 0 Å². The molecule has 0 amide bonds. The second-order valence-corrected chi connectivity index (χ2v) is 4.36. The van der Waals surface area contributed by atoms with Crippen LogP contribution in [-0.4, -0.2) is 18.5 Å². The van der Waals surface area contributed by atoms with E-state index in [1.54, 1.807) is 0 Å². The normalized spacial score (nSPS) is 30.7. The summed E-state index contributed by atoms with van der Waals surface area (Å²) in [6, 6.07) is 10.5. The third-order valence-corrected chi connectivity index (χ3v) is 2.78. The average molecular weight is 206 g/mol. The van der Waals surface area contributed by atoms with Crippen LogP contribution in [-0.2, 0) is 15.9 Å². The van der Waals surface area contributed by atoms with Gasteiger partial charge in [-0.1, -0.05) is 30.3 Å². The van der Waals surface area contributed by atoms with Crippen LogP contribution in [0.2, 0.25) is 0 Å². The predicted molar refractivity (Wildman–Crippen MR) is 59.7 cm³/mol. The summed E-state index contributed by atoms with van der Waals surface area (Å²) in [6.07, 6.45) is 2.15. The van der Waals surface area contributed by atoms with E-state index in [0.717, 1.165) is 12.8 Å². The van der Waals surface area contributed by atoms with Crippen molar-refractivity contribution in [3.63, 3.8) is 0 Å². The van der Waals surface area contributed by atoms with Crippen LogP contribution in [0.5, 0.6) is 0 Å². The zero-order valence-electron chi connectivity index (χ0n) is 9.40. The van der Waals surface area contributed by atoms with E-state index in [4.69, 9.17) is 9.47 Å². The first-order chi connectivity index (χ1) is 7.18. The summed E-state index contributed by atoms with van der Waals surface area (Å²) in [5.41, 5.74) is 1.34. The van der Waals surface area contributed by atoms with Gasteiger partial charge in [0.1, 0.15) is 0 Å². The van der Waals surface area contributed by atoms with Gasteiger partial charge in [0.15, 0.2) is 5.79 Å². The SMILES string of the molecule is CC1COC(C)(CCc2ccccc2)O1. The van der Waals surface area contributed by atoms with E-state index in [2.05, 4.69) is 24.3 Å². The van der Waals surface area contributed by atoms with Gasteiger partial charge in [0.2, 0.25) is 0 Å². The van der Waals surface area contributed by atoms with E-state index in [9.17, 15) is 0 Å². The fourth-order valence-corrected chi connectivity index (χ4v) is 1.93. The Hall–Kier alpha value is -0.860. The van der Waals surface area contributed by atoms with Crippen molar-refractivity contribution in [3.05, 3.63) is 35.9 Å². The molecule has 2 rings (SSSR count). The van der Waals surface area contributed by atoms with Crippen molar-refractivity contribution in [1.82, 2.24) is 0 Å². The minimum absolute atomic E-state index is 0.228. The molecule has 1 saturated heterocycles. The standard InChI is InChI=1S/C13H18O2/c1-11-10-14-13(2,15-11)9-8-12-6-4-3-5-7-12/h3-7,11H,8-10H2,1-2H3. The molecular formula is C13H18O2. The van der Waals surface area contributed by atoms with Gasteiger partial charge in [-0.15, -0.1) is 0 Å². The summed E-state index contributed by atoms with van der Waals surface area (Å²) in [5, 5.41) is 0. The van der Waals surface area contributed by atoms with Gasteiger partial charge in [-0.3, -0.25) is 0 Å². The molecule has 1 heterocycles. The fraction of sp³-hybridized carbons (Fsp3) is 0.538. The molecule has 0 bridgehead atoms. The maximum absolute atomic E-state index is 5.75. The van der Waals surface area contributed by atoms with Crippen LogP contribution in [0.1, 0.15) is 25.8 Å². The van der Waals surface area contributed by atoms with Crippen molar-refractivity contribution in [1.29, 1.82) is 0 Å². The molecular weight excluding hydrogens is 188 g/mol. The molecule has 0 aliphatic carbocycles. The molecule has 0 saturated carbocycles. The molecule has 1 fully saturated rings. The van der Waals surface area contributed by atoms with E-state index in [-0.39, 0.29) is 11.9 Å². The van der Waals surface area contributed by atoms with Gasteiger partial charge in [0, 0.05) is 6.42 Å². The quantitative estimate of drug-likeness (QED) is 0.757. The van der Waals surface area contributed by atoms with Crippen molar-refractivity contribution in [2.45, 2.75) is 38.6 Å². The molecule has 0 aromatic heterocycles. The maximum Gasteiger partial charge on any atom is 0.166 e. The van der Waals surface area contributed by atoms with Gasteiger partial charge in [-0.25, -0.2) is 0 Å². The smallest absolute Gasteiger partial charge is 0.166 e. The highest BCUT2D eigenvalue weighted by molar-refractivity contribution is 5.14. The lowest BCUT2D eigenvalue weighted by Crippen LogP contribution is -2.26. The molecule has 82 valence electrons. The molecule has 1 aromatic carbocycles. The average Bonchev–Trinajstić information content (AvgIpc) is 2.58. The second-order valence-electron chi connectivity index (χ2n) is 4.36. The number of benzene rings is 1. The van der Waals surface area contributed by atoms with E-state index in [0.29, 0.717) is 6.61 Å². The Bertz CT molecular complexity index is 310. The summed E-state index contributed by atoms with van der Waals surface area (Å²) >= 11 is 0. The fourth-order valence-electron chi connectivity index (χ4n) is 1.93. The predicted octanol–water partition coefficient (Wildman–Crippen LogP) is 2.77. The van der Waals surface area contributed by atoms with Gasteiger partial charge in [0.25, 0.3) is 0 Å². The minimum Gasteiger partial charge on any atom is -0.348 e. The molecule has 2 nitrogen and oxygen atoms in total.